The molecular formula is C16H14N6OS. The summed E-state index contributed by atoms with van der Waals surface area (Å²) in [4.78, 5) is 21.0. The van der Waals surface area contributed by atoms with Crippen LogP contribution >= 0.6 is 11.8 Å². The van der Waals surface area contributed by atoms with Crippen LogP contribution in [0.5, 0.6) is 0 Å². The van der Waals surface area contributed by atoms with Crippen LogP contribution in [0.15, 0.2) is 41.5 Å². The largest absolute Gasteiger partial charge is 0.300 e. The number of rotatable bonds is 2. The molecule has 2 aromatic heterocycles. The van der Waals surface area contributed by atoms with E-state index in [1.807, 2.05) is 37.3 Å². The highest BCUT2D eigenvalue weighted by atomic mass is 32.2. The van der Waals surface area contributed by atoms with E-state index in [1.165, 1.54) is 11.8 Å². The second-order valence-corrected chi connectivity index (χ2v) is 6.36. The van der Waals surface area contributed by atoms with Gasteiger partial charge in [-0.05, 0) is 31.2 Å². The summed E-state index contributed by atoms with van der Waals surface area (Å²) < 4.78 is 1.67. The van der Waals surface area contributed by atoms with Crippen molar-refractivity contribution in [3.05, 3.63) is 47.9 Å². The summed E-state index contributed by atoms with van der Waals surface area (Å²) in [5.41, 5.74) is 2.68. The Bertz CT molecular complexity index is 959. The Morgan fingerprint density at radius 2 is 2.21 bits per heavy atom. The Kier molecular flexibility index (Phi) is 3.73. The third-order valence-corrected chi connectivity index (χ3v) is 4.66. The first-order valence-corrected chi connectivity index (χ1v) is 8.47. The molecule has 0 fully saturated rings. The molecule has 1 N–H and O–H groups in total. The van der Waals surface area contributed by atoms with Gasteiger partial charge in [-0.15, -0.1) is 5.10 Å². The molecule has 0 atom stereocenters. The first kappa shape index (κ1) is 14.8. The molecule has 0 spiro atoms. The molecule has 0 unspecified atom stereocenters. The third kappa shape index (κ3) is 2.54. The van der Waals surface area contributed by atoms with Crippen LogP contribution in [-0.4, -0.2) is 43.4 Å². The number of nitrogens with zero attached hydrogens (tertiary/aromatic N) is 5. The molecule has 0 saturated carbocycles. The van der Waals surface area contributed by atoms with Gasteiger partial charge in [0.25, 0.3) is 5.91 Å². The van der Waals surface area contributed by atoms with E-state index < -0.39 is 0 Å². The summed E-state index contributed by atoms with van der Waals surface area (Å²) in [7, 11) is 0. The lowest BCUT2D eigenvalue weighted by atomic mass is 10.2. The maximum absolute atomic E-state index is 12.4. The lowest BCUT2D eigenvalue weighted by Gasteiger charge is -2.07. The minimum atomic E-state index is -0.287. The quantitative estimate of drug-likeness (QED) is 0.772. The molecule has 0 aliphatic carbocycles. The van der Waals surface area contributed by atoms with Crippen LogP contribution in [-0.2, 0) is 0 Å². The molecule has 1 aliphatic heterocycles. The molecule has 1 aromatic carbocycles. The van der Waals surface area contributed by atoms with Crippen LogP contribution in [0.25, 0.3) is 16.6 Å². The number of hydrogen-bond acceptors (Lipinski definition) is 6. The van der Waals surface area contributed by atoms with Crippen LogP contribution < -0.4 is 5.32 Å². The van der Waals surface area contributed by atoms with Gasteiger partial charge in [0.15, 0.2) is 10.9 Å². The van der Waals surface area contributed by atoms with Gasteiger partial charge in [0.05, 0.1) is 23.4 Å². The van der Waals surface area contributed by atoms with Crippen LogP contribution in [0, 0.1) is 6.92 Å². The first-order chi connectivity index (χ1) is 11.7. The van der Waals surface area contributed by atoms with Crippen molar-refractivity contribution in [3.8, 4) is 5.69 Å². The summed E-state index contributed by atoms with van der Waals surface area (Å²) in [6.45, 7) is 2.56. The molecule has 0 bridgehead atoms. The van der Waals surface area contributed by atoms with Crippen LogP contribution in [0.3, 0.4) is 0 Å². The number of pyridine rings is 1. The average molecular weight is 338 g/mol. The molecule has 1 amide bonds. The Morgan fingerprint density at radius 3 is 3.04 bits per heavy atom. The monoisotopic (exact) mass is 338 g/mol. The van der Waals surface area contributed by atoms with Crippen LogP contribution in [0.4, 0.5) is 0 Å². The lowest BCUT2D eigenvalue weighted by Crippen LogP contribution is -2.28. The molecule has 3 aromatic rings. The number of aromatic nitrogens is 4. The standard InChI is InChI=1S/C16H14N6OS/c1-10-14(15(23)19-16-18-8-9-24-16)20-21-22(10)13-6-2-5-12-11(13)4-3-7-17-12/h2-7H,8-9H2,1H3,(H,18,19,23). The fourth-order valence-electron chi connectivity index (χ4n) is 2.61. The number of benzene rings is 1. The van der Waals surface area contributed by atoms with Gasteiger partial charge in [0, 0.05) is 17.3 Å². The van der Waals surface area contributed by atoms with Gasteiger partial charge < -0.3 is 0 Å². The van der Waals surface area contributed by atoms with Gasteiger partial charge in [-0.1, -0.05) is 23.0 Å². The average Bonchev–Trinajstić information content (AvgIpc) is 3.24. The van der Waals surface area contributed by atoms with Crippen molar-refractivity contribution in [2.45, 2.75) is 6.92 Å². The van der Waals surface area contributed by atoms with Crippen LogP contribution in [0.1, 0.15) is 16.2 Å². The molecule has 0 radical (unpaired) electrons. The van der Waals surface area contributed by atoms with E-state index in [0.717, 1.165) is 28.9 Å². The second-order valence-electron chi connectivity index (χ2n) is 5.27. The number of hydrogen-bond donors (Lipinski definition) is 1. The van der Waals surface area contributed by atoms with Crippen molar-refractivity contribution in [3.63, 3.8) is 0 Å². The van der Waals surface area contributed by atoms with Crippen molar-refractivity contribution < 1.29 is 4.79 Å². The van der Waals surface area contributed by atoms with E-state index in [9.17, 15) is 4.79 Å². The number of fused-ring (bicyclic) bond motifs is 1. The topological polar surface area (TPSA) is 85.1 Å². The van der Waals surface area contributed by atoms with E-state index in [4.69, 9.17) is 0 Å². The fourth-order valence-corrected chi connectivity index (χ4v) is 3.33. The zero-order chi connectivity index (χ0) is 16.5. The third-order valence-electron chi connectivity index (χ3n) is 3.77. The van der Waals surface area contributed by atoms with Gasteiger partial charge >= 0.3 is 0 Å². The molecule has 7 nitrogen and oxygen atoms in total. The Labute approximate surface area is 142 Å². The molecular weight excluding hydrogens is 324 g/mol. The number of aliphatic imine (C=N–C) groups is 1. The van der Waals surface area contributed by atoms with Crippen molar-refractivity contribution in [2.75, 3.05) is 12.3 Å². The summed E-state index contributed by atoms with van der Waals surface area (Å²) >= 11 is 1.53. The van der Waals surface area contributed by atoms with E-state index in [0.29, 0.717) is 16.6 Å². The zero-order valence-electron chi connectivity index (χ0n) is 12.9. The zero-order valence-corrected chi connectivity index (χ0v) is 13.7. The predicted molar refractivity (Wildman–Crippen MR) is 93.6 cm³/mol. The normalized spacial score (nSPS) is 14.0. The number of carbonyl (C=O) groups excluding carboxylic acids is 1. The van der Waals surface area contributed by atoms with Gasteiger partial charge in [0.1, 0.15) is 0 Å². The molecule has 0 saturated heterocycles. The maximum atomic E-state index is 12.4. The first-order valence-electron chi connectivity index (χ1n) is 7.49. The lowest BCUT2D eigenvalue weighted by molar-refractivity contribution is 0.0972. The minimum absolute atomic E-state index is 0.287. The van der Waals surface area contributed by atoms with E-state index in [1.54, 1.807) is 10.9 Å². The molecule has 1 aliphatic rings. The predicted octanol–water partition coefficient (Wildman–Crippen LogP) is 1.96. The number of carbonyl (C=O) groups is 1. The minimum Gasteiger partial charge on any atom is -0.300 e. The number of amidine groups is 1. The summed E-state index contributed by atoms with van der Waals surface area (Å²) in [6.07, 6.45) is 1.75. The van der Waals surface area contributed by atoms with Crippen molar-refractivity contribution in [2.24, 2.45) is 4.99 Å². The highest BCUT2D eigenvalue weighted by Gasteiger charge is 2.20. The smallest absolute Gasteiger partial charge is 0.279 e. The molecule has 120 valence electrons. The highest BCUT2D eigenvalue weighted by Crippen LogP contribution is 2.22. The molecule has 4 rings (SSSR count). The SMILES string of the molecule is Cc1c(C(=O)NC2=NCCS2)nnn1-c1cccc2ncccc12. The Morgan fingerprint density at radius 1 is 1.29 bits per heavy atom. The summed E-state index contributed by atoms with van der Waals surface area (Å²) in [5, 5.41) is 12.6. The Balaban J connectivity index is 1.72. The summed E-state index contributed by atoms with van der Waals surface area (Å²) in [6, 6.07) is 9.64. The van der Waals surface area contributed by atoms with Gasteiger partial charge in [-0.25, -0.2) is 4.68 Å². The van der Waals surface area contributed by atoms with E-state index in [2.05, 4.69) is 25.6 Å². The molecule has 24 heavy (non-hydrogen) atoms. The molecule has 3 heterocycles. The van der Waals surface area contributed by atoms with Gasteiger partial charge in [0.2, 0.25) is 0 Å². The number of amides is 1. The number of thioether (sulfide) groups is 1. The summed E-state index contributed by atoms with van der Waals surface area (Å²) in [5.74, 6) is 0.606. The second kappa shape index (κ2) is 6.04. The van der Waals surface area contributed by atoms with Crippen molar-refractivity contribution in [1.29, 1.82) is 0 Å². The molecule has 8 heteroatoms. The number of nitrogens with one attached hydrogen (secondary N) is 1. The fraction of sp³-hybridized carbons (Fsp3) is 0.188. The van der Waals surface area contributed by atoms with Gasteiger partial charge in [-0.3, -0.25) is 20.1 Å². The maximum Gasteiger partial charge on any atom is 0.279 e. The Hall–Kier alpha value is -2.74. The van der Waals surface area contributed by atoms with E-state index in [-0.39, 0.29) is 5.91 Å². The van der Waals surface area contributed by atoms with Crippen molar-refractivity contribution >= 4 is 33.7 Å². The van der Waals surface area contributed by atoms with Crippen LogP contribution in [0.2, 0.25) is 0 Å². The van der Waals surface area contributed by atoms with Crippen molar-refractivity contribution in [1.82, 2.24) is 25.3 Å². The highest BCUT2D eigenvalue weighted by molar-refractivity contribution is 8.14. The van der Waals surface area contributed by atoms with Gasteiger partial charge in [-0.2, -0.15) is 0 Å². The van der Waals surface area contributed by atoms with E-state index >= 15 is 0 Å².